The Bertz CT molecular complexity index is 4450. The van der Waals surface area contributed by atoms with Gasteiger partial charge in [0.1, 0.15) is 11.5 Å². The first-order valence-corrected chi connectivity index (χ1v) is 28.5. The molecule has 0 amide bonds. The molecular formula is C77H62BN5O. The highest BCUT2D eigenvalue weighted by atomic mass is 16.5. The first-order chi connectivity index (χ1) is 42.0. The lowest BCUT2D eigenvalue weighted by Crippen LogP contribution is -2.59. The normalized spacial score (nSPS) is 12.9. The first kappa shape index (κ1) is 49.5. The van der Waals surface area contributed by atoms with Crippen molar-refractivity contribution in [2.45, 2.75) is 59.2 Å². The molecule has 0 spiro atoms. The van der Waals surface area contributed by atoms with E-state index in [4.69, 9.17) is 8.85 Å². The van der Waals surface area contributed by atoms with E-state index in [1.165, 1.54) is 0 Å². The molecule has 13 rings (SSSR count). The minimum atomic E-state index is -2.53. The lowest BCUT2D eigenvalue weighted by atomic mass is 9.34. The summed E-state index contributed by atoms with van der Waals surface area (Å²) in [5.41, 5.74) is 18.7. The highest BCUT2D eigenvalue weighted by Crippen LogP contribution is 2.51. The van der Waals surface area contributed by atoms with Crippen LogP contribution in [0.4, 0.5) is 51.2 Å². The molecule has 0 atom stereocenters. The molecule has 0 N–H and O–H groups in total. The summed E-state index contributed by atoms with van der Waals surface area (Å²) in [4.78, 5) is 6.76. The van der Waals surface area contributed by atoms with Gasteiger partial charge in [0.05, 0.1) is 40.3 Å². The maximum atomic E-state index is 11.0. The average Bonchev–Trinajstić information content (AvgIpc) is 0.716. The zero-order valence-electron chi connectivity index (χ0n) is 50.9. The van der Waals surface area contributed by atoms with Crippen LogP contribution in [0.5, 0.6) is 11.5 Å². The van der Waals surface area contributed by atoms with Crippen molar-refractivity contribution >= 4 is 74.3 Å². The molecule has 0 radical (unpaired) electrons. The van der Waals surface area contributed by atoms with Crippen molar-refractivity contribution in [1.82, 2.24) is 0 Å². The number of nitriles is 2. The van der Waals surface area contributed by atoms with Crippen molar-refractivity contribution in [3.8, 4) is 57.0 Å². The van der Waals surface area contributed by atoms with Gasteiger partial charge < -0.3 is 19.4 Å². The molecule has 2 aliphatic rings. The highest BCUT2D eigenvalue weighted by molar-refractivity contribution is 6.99. The minimum absolute atomic E-state index is 0.136. The van der Waals surface area contributed by atoms with Crippen LogP contribution in [0, 0.1) is 29.5 Å². The number of para-hydroxylation sites is 4. The molecule has 11 aromatic carbocycles. The lowest BCUT2D eigenvalue weighted by molar-refractivity contribution is 0.487. The fourth-order valence-electron chi connectivity index (χ4n) is 12.3. The Morgan fingerprint density at radius 1 is 0.440 bits per heavy atom. The maximum Gasteiger partial charge on any atom is 0.256 e. The summed E-state index contributed by atoms with van der Waals surface area (Å²) in [6.07, 6.45) is 0. The van der Waals surface area contributed by atoms with Gasteiger partial charge in [-0.3, -0.25) is 0 Å². The van der Waals surface area contributed by atoms with Crippen LogP contribution < -0.4 is 35.8 Å². The number of rotatable bonds is 10. The largest absolute Gasteiger partial charge is 0.458 e. The number of hydrogen-bond acceptors (Lipinski definition) is 6. The van der Waals surface area contributed by atoms with Gasteiger partial charge >= 0.3 is 0 Å². The highest BCUT2D eigenvalue weighted by Gasteiger charge is 2.43. The van der Waals surface area contributed by atoms with E-state index in [-0.39, 0.29) is 11.0 Å². The van der Waals surface area contributed by atoms with Gasteiger partial charge in [-0.05, 0) is 183 Å². The van der Waals surface area contributed by atoms with Gasteiger partial charge in [-0.1, -0.05) is 175 Å². The molecular weight excluding hydrogens is 1020 g/mol. The van der Waals surface area contributed by atoms with Gasteiger partial charge in [0, 0.05) is 54.9 Å². The van der Waals surface area contributed by atoms with Gasteiger partial charge in [-0.2, -0.15) is 10.5 Å². The number of anilines is 9. The molecule has 0 unspecified atom stereocenters. The first-order valence-electron chi connectivity index (χ1n) is 30.0. The van der Waals surface area contributed by atoms with E-state index < -0.39 is 19.0 Å². The Balaban J connectivity index is 1.10. The van der Waals surface area contributed by atoms with E-state index in [9.17, 15) is 10.5 Å². The maximum absolute atomic E-state index is 11.0. The third kappa shape index (κ3) is 9.54. The van der Waals surface area contributed by atoms with Crippen molar-refractivity contribution in [3.05, 3.63) is 277 Å². The smallest absolute Gasteiger partial charge is 0.256 e. The summed E-state index contributed by atoms with van der Waals surface area (Å²) < 4.78 is 34.6. The number of fused-ring (bicyclic) bond motifs is 4. The summed E-state index contributed by atoms with van der Waals surface area (Å²) in [5, 5.41) is 21.4. The van der Waals surface area contributed by atoms with Gasteiger partial charge in [0.25, 0.3) is 6.71 Å². The minimum Gasteiger partial charge on any atom is -0.458 e. The second kappa shape index (κ2) is 21.2. The Morgan fingerprint density at radius 3 is 1.57 bits per heavy atom. The standard InChI is InChI=1S/C77H62BN5O/c1-51-41-71-74-73(42-51)84-72-47-56(62-43-52(49-79)33-39-68(62)81(58-25-15-9-16-26-58)59-27-17-10-18-28-59)35-38-67(72)78(74)66-37-34-55(46-70(66)83(71)69-40-36-57(76(2,3)4)48-63(69)54-23-13-8-14-24-54)64-44-53(50-80)45-65(77(5,6)7)75(64)82(60-29-19-11-20-30-60)61-31-21-12-22-32-61/h8-48H,1-7H3/i1D3. The van der Waals surface area contributed by atoms with Crippen LogP contribution >= 0.6 is 0 Å². The number of benzene rings is 11. The summed E-state index contributed by atoms with van der Waals surface area (Å²) in [6.45, 7) is 10.3. The van der Waals surface area contributed by atoms with E-state index in [1.54, 1.807) is 6.07 Å². The van der Waals surface area contributed by atoms with Gasteiger partial charge in [0.2, 0.25) is 0 Å². The summed E-state index contributed by atoms with van der Waals surface area (Å²) in [5.74, 6) is 1.02. The SMILES string of the molecule is [2H]C([2H])([2H])c1cc2c3c(c1)N(c1ccc(C(C)(C)C)cc1-c1ccccc1)c1cc(-c4cc(C#N)cc(C(C)(C)C)c4N(c4ccccc4)c4ccccc4)ccc1B3c1ccc(-c3cc(C#N)ccc3N(c3ccccc3)c3ccccc3)cc1O2. The van der Waals surface area contributed by atoms with E-state index in [1.807, 2.05) is 97.1 Å². The molecule has 0 bridgehead atoms. The van der Waals surface area contributed by atoms with E-state index >= 15 is 0 Å². The van der Waals surface area contributed by atoms with Crippen molar-refractivity contribution < 1.29 is 8.85 Å². The second-order valence-electron chi connectivity index (χ2n) is 23.8. The van der Waals surface area contributed by atoms with Crippen LogP contribution in [0.25, 0.3) is 33.4 Å². The number of aryl methyl sites for hydroxylation is 1. The van der Waals surface area contributed by atoms with Crippen LogP contribution in [-0.2, 0) is 10.8 Å². The monoisotopic (exact) mass is 1090 g/mol. The third-order valence-corrected chi connectivity index (χ3v) is 16.3. The molecule has 404 valence electrons. The van der Waals surface area contributed by atoms with E-state index in [2.05, 4.69) is 214 Å². The topological polar surface area (TPSA) is 66.5 Å². The quantitative estimate of drug-likeness (QED) is 0.127. The van der Waals surface area contributed by atoms with Crippen LogP contribution in [0.3, 0.4) is 0 Å². The molecule has 84 heavy (non-hydrogen) atoms. The molecule has 2 aliphatic heterocycles. The molecule has 6 nitrogen and oxygen atoms in total. The summed E-state index contributed by atoms with van der Waals surface area (Å²) in [6, 6.07) is 89.5. The van der Waals surface area contributed by atoms with Crippen LogP contribution in [0.15, 0.2) is 249 Å². The number of hydrogen-bond donors (Lipinski definition) is 0. The molecule has 0 aromatic heterocycles. The van der Waals surface area contributed by atoms with Crippen molar-refractivity contribution in [3.63, 3.8) is 0 Å². The van der Waals surface area contributed by atoms with E-state index in [0.29, 0.717) is 28.3 Å². The molecule has 2 heterocycles. The Labute approximate surface area is 498 Å². The fourth-order valence-corrected chi connectivity index (χ4v) is 12.3. The number of nitrogens with zero attached hydrogens (tertiary/aromatic N) is 5. The van der Waals surface area contributed by atoms with Crippen molar-refractivity contribution in [1.29, 1.82) is 10.5 Å². The lowest BCUT2D eigenvalue weighted by Gasteiger charge is -2.41. The fraction of sp³-hybridized carbons (Fsp3) is 0.117. The Hall–Kier alpha value is -10.3. The zero-order chi connectivity index (χ0) is 60.4. The predicted molar refractivity (Wildman–Crippen MR) is 350 cm³/mol. The summed E-state index contributed by atoms with van der Waals surface area (Å²) in [7, 11) is 0. The van der Waals surface area contributed by atoms with Crippen LogP contribution in [0.1, 0.15) is 73.5 Å². The Morgan fingerprint density at radius 2 is 1.00 bits per heavy atom. The molecule has 7 heteroatoms. The molecule has 0 saturated heterocycles. The van der Waals surface area contributed by atoms with Crippen LogP contribution in [0.2, 0.25) is 0 Å². The van der Waals surface area contributed by atoms with E-state index in [0.717, 1.165) is 106 Å². The molecule has 0 saturated carbocycles. The third-order valence-electron chi connectivity index (χ3n) is 16.3. The van der Waals surface area contributed by atoms with Crippen molar-refractivity contribution in [2.24, 2.45) is 0 Å². The molecule has 0 fully saturated rings. The molecule has 0 aliphatic carbocycles. The Kier molecular flexibility index (Phi) is 12.5. The predicted octanol–water partition coefficient (Wildman–Crippen LogP) is 18.7. The average molecular weight is 1090 g/mol. The second-order valence-corrected chi connectivity index (χ2v) is 23.8. The van der Waals surface area contributed by atoms with Crippen molar-refractivity contribution in [2.75, 3.05) is 14.7 Å². The van der Waals surface area contributed by atoms with Gasteiger partial charge in [-0.25, -0.2) is 0 Å². The van der Waals surface area contributed by atoms with Gasteiger partial charge in [-0.15, -0.1) is 0 Å². The van der Waals surface area contributed by atoms with Gasteiger partial charge in [0.15, 0.2) is 0 Å². The number of ether oxygens (including phenoxy) is 1. The zero-order valence-corrected chi connectivity index (χ0v) is 47.9. The summed E-state index contributed by atoms with van der Waals surface area (Å²) >= 11 is 0. The van der Waals surface area contributed by atoms with Crippen LogP contribution in [-0.4, -0.2) is 6.71 Å². The molecule has 11 aromatic rings.